The van der Waals surface area contributed by atoms with Crippen LogP contribution in [0.5, 0.6) is 5.75 Å². The van der Waals surface area contributed by atoms with Gasteiger partial charge in [0.1, 0.15) is 10.8 Å². The molecule has 5 nitrogen and oxygen atoms in total. The van der Waals surface area contributed by atoms with Gasteiger partial charge in [-0.15, -0.1) is 10.2 Å². The lowest BCUT2D eigenvalue weighted by Crippen LogP contribution is -2.14. The summed E-state index contributed by atoms with van der Waals surface area (Å²) in [4.78, 5) is 12.0. The first-order valence-electron chi connectivity index (χ1n) is 8.03. The quantitative estimate of drug-likeness (QED) is 0.606. The molecule has 2 rings (SSSR count). The van der Waals surface area contributed by atoms with Crippen LogP contribution in [0.2, 0.25) is 10.0 Å². The van der Waals surface area contributed by atoms with E-state index in [1.165, 1.54) is 11.3 Å². The van der Waals surface area contributed by atoms with Crippen molar-refractivity contribution in [1.82, 2.24) is 10.2 Å². The Morgan fingerprint density at radius 2 is 2.08 bits per heavy atom. The zero-order valence-electron chi connectivity index (χ0n) is 14.4. The standard InChI is InChI=1S/C17H21Cl2N3O2S/c1-4-17(2,3)15-21-22-16(25-15)20-14(23)6-5-9-24-13-8-7-11(18)10-12(13)19/h7-8,10H,4-6,9H2,1-3H3,(H,20,22,23). The monoisotopic (exact) mass is 401 g/mol. The molecule has 0 spiro atoms. The predicted octanol–water partition coefficient (Wildman–Crippen LogP) is 5.33. The summed E-state index contributed by atoms with van der Waals surface area (Å²) in [6.07, 6.45) is 1.86. The third-order valence-electron chi connectivity index (χ3n) is 3.83. The third kappa shape index (κ3) is 5.83. The Hall–Kier alpha value is -1.37. The summed E-state index contributed by atoms with van der Waals surface area (Å²) >= 11 is 13.3. The summed E-state index contributed by atoms with van der Waals surface area (Å²) in [5, 5.41) is 13.5. The molecule has 0 aliphatic heterocycles. The number of rotatable bonds is 8. The van der Waals surface area contributed by atoms with Crippen molar-refractivity contribution in [2.24, 2.45) is 0 Å². The molecule has 0 aliphatic carbocycles. The van der Waals surface area contributed by atoms with Crippen LogP contribution in [0, 0.1) is 0 Å². The fraction of sp³-hybridized carbons (Fsp3) is 0.471. The maximum atomic E-state index is 12.0. The lowest BCUT2D eigenvalue weighted by molar-refractivity contribution is -0.116. The van der Waals surface area contributed by atoms with E-state index in [0.717, 1.165) is 11.4 Å². The van der Waals surface area contributed by atoms with Crippen LogP contribution in [0.4, 0.5) is 5.13 Å². The maximum absolute atomic E-state index is 12.0. The molecule has 1 heterocycles. The summed E-state index contributed by atoms with van der Waals surface area (Å²) < 4.78 is 5.56. The Balaban J connectivity index is 1.76. The van der Waals surface area contributed by atoms with E-state index in [1.54, 1.807) is 18.2 Å². The minimum absolute atomic E-state index is 0.0354. The van der Waals surface area contributed by atoms with Crippen molar-refractivity contribution in [2.75, 3.05) is 11.9 Å². The number of anilines is 1. The lowest BCUT2D eigenvalue weighted by atomic mass is 9.91. The molecule has 0 unspecified atom stereocenters. The summed E-state index contributed by atoms with van der Waals surface area (Å²) in [6, 6.07) is 5.04. The van der Waals surface area contributed by atoms with Crippen LogP contribution >= 0.6 is 34.5 Å². The van der Waals surface area contributed by atoms with E-state index in [1.807, 2.05) is 0 Å². The van der Waals surface area contributed by atoms with Gasteiger partial charge in [0.15, 0.2) is 0 Å². The van der Waals surface area contributed by atoms with Crippen molar-refractivity contribution < 1.29 is 9.53 Å². The number of ether oxygens (including phenoxy) is 1. The van der Waals surface area contributed by atoms with Crippen LogP contribution in [-0.2, 0) is 10.2 Å². The first kappa shape index (κ1) is 19.9. The molecule has 0 fully saturated rings. The van der Waals surface area contributed by atoms with Gasteiger partial charge in [-0.1, -0.05) is 55.3 Å². The molecule has 25 heavy (non-hydrogen) atoms. The molecule has 1 aromatic heterocycles. The molecule has 0 saturated carbocycles. The Morgan fingerprint density at radius 1 is 1.32 bits per heavy atom. The number of carbonyl (C=O) groups excluding carboxylic acids is 1. The number of nitrogens with one attached hydrogen (secondary N) is 1. The van der Waals surface area contributed by atoms with Gasteiger partial charge in [-0.2, -0.15) is 0 Å². The number of nitrogens with zero attached hydrogens (tertiary/aromatic N) is 2. The minimum Gasteiger partial charge on any atom is -0.492 e. The molecular weight excluding hydrogens is 381 g/mol. The summed E-state index contributed by atoms with van der Waals surface area (Å²) in [5.74, 6) is 0.449. The number of aromatic nitrogens is 2. The van der Waals surface area contributed by atoms with E-state index in [-0.39, 0.29) is 11.3 Å². The molecule has 1 amide bonds. The maximum Gasteiger partial charge on any atom is 0.226 e. The summed E-state index contributed by atoms with van der Waals surface area (Å²) in [6.45, 7) is 6.71. The van der Waals surface area contributed by atoms with Gasteiger partial charge in [0.05, 0.1) is 11.6 Å². The molecule has 0 aliphatic rings. The van der Waals surface area contributed by atoms with Crippen LogP contribution in [0.1, 0.15) is 45.0 Å². The van der Waals surface area contributed by atoms with E-state index >= 15 is 0 Å². The number of amides is 1. The SMILES string of the molecule is CCC(C)(C)c1nnc(NC(=O)CCCOc2ccc(Cl)cc2Cl)s1. The zero-order valence-corrected chi connectivity index (χ0v) is 16.8. The van der Waals surface area contributed by atoms with Gasteiger partial charge in [-0.25, -0.2) is 0 Å². The fourth-order valence-electron chi connectivity index (χ4n) is 1.89. The van der Waals surface area contributed by atoms with Crippen molar-refractivity contribution >= 4 is 45.6 Å². The molecule has 0 atom stereocenters. The fourth-order valence-corrected chi connectivity index (χ4v) is 3.28. The Labute approximate surface area is 161 Å². The number of carbonyl (C=O) groups is 1. The first-order chi connectivity index (χ1) is 11.8. The highest BCUT2D eigenvalue weighted by Crippen LogP contribution is 2.31. The normalized spacial score (nSPS) is 11.4. The predicted molar refractivity (Wildman–Crippen MR) is 103 cm³/mol. The van der Waals surface area contributed by atoms with Gasteiger partial charge >= 0.3 is 0 Å². The van der Waals surface area contributed by atoms with Crippen LogP contribution in [0.15, 0.2) is 18.2 Å². The van der Waals surface area contributed by atoms with Crippen molar-refractivity contribution in [1.29, 1.82) is 0 Å². The number of hydrogen-bond donors (Lipinski definition) is 1. The topological polar surface area (TPSA) is 64.1 Å². The van der Waals surface area contributed by atoms with Crippen LogP contribution in [0.25, 0.3) is 0 Å². The van der Waals surface area contributed by atoms with Crippen molar-refractivity contribution in [3.05, 3.63) is 33.3 Å². The van der Waals surface area contributed by atoms with Gasteiger partial charge in [0, 0.05) is 16.9 Å². The largest absolute Gasteiger partial charge is 0.492 e. The van der Waals surface area contributed by atoms with Crippen LogP contribution in [0.3, 0.4) is 0 Å². The number of halogens is 2. The van der Waals surface area contributed by atoms with Gasteiger partial charge < -0.3 is 10.1 Å². The van der Waals surface area contributed by atoms with Crippen LogP contribution < -0.4 is 10.1 Å². The molecule has 0 radical (unpaired) electrons. The Kier molecular flexibility index (Phi) is 7.04. The molecule has 1 aromatic carbocycles. The molecule has 1 N–H and O–H groups in total. The Morgan fingerprint density at radius 3 is 2.76 bits per heavy atom. The van der Waals surface area contributed by atoms with E-state index in [9.17, 15) is 4.79 Å². The highest BCUT2D eigenvalue weighted by atomic mass is 35.5. The van der Waals surface area contributed by atoms with E-state index < -0.39 is 0 Å². The molecule has 8 heteroatoms. The lowest BCUT2D eigenvalue weighted by Gasteiger charge is -2.17. The van der Waals surface area contributed by atoms with E-state index in [4.69, 9.17) is 27.9 Å². The Bertz CT molecular complexity index is 734. The number of benzene rings is 1. The molecule has 0 saturated heterocycles. The van der Waals surface area contributed by atoms with Crippen molar-refractivity contribution in [2.45, 2.75) is 45.4 Å². The van der Waals surface area contributed by atoms with E-state index in [0.29, 0.717) is 40.4 Å². The average molecular weight is 402 g/mol. The zero-order chi connectivity index (χ0) is 18.4. The van der Waals surface area contributed by atoms with Gasteiger partial charge in [-0.05, 0) is 31.0 Å². The average Bonchev–Trinajstić information content (AvgIpc) is 3.02. The van der Waals surface area contributed by atoms with Gasteiger partial charge in [-0.3, -0.25) is 4.79 Å². The van der Waals surface area contributed by atoms with Crippen molar-refractivity contribution in [3.63, 3.8) is 0 Å². The minimum atomic E-state index is -0.109. The van der Waals surface area contributed by atoms with Gasteiger partial charge in [0.2, 0.25) is 11.0 Å². The highest BCUT2D eigenvalue weighted by molar-refractivity contribution is 7.15. The molecule has 136 valence electrons. The van der Waals surface area contributed by atoms with Crippen molar-refractivity contribution in [3.8, 4) is 5.75 Å². The molecule has 0 bridgehead atoms. The van der Waals surface area contributed by atoms with E-state index in [2.05, 4.69) is 36.3 Å². The third-order valence-corrected chi connectivity index (χ3v) is 5.57. The smallest absolute Gasteiger partial charge is 0.226 e. The second-order valence-electron chi connectivity index (χ2n) is 6.22. The molecule has 2 aromatic rings. The van der Waals surface area contributed by atoms with Crippen LogP contribution in [-0.4, -0.2) is 22.7 Å². The summed E-state index contributed by atoms with van der Waals surface area (Å²) in [7, 11) is 0. The second kappa shape index (κ2) is 8.83. The second-order valence-corrected chi connectivity index (χ2v) is 8.05. The summed E-state index contributed by atoms with van der Waals surface area (Å²) in [5.41, 5.74) is -0.0354. The highest BCUT2D eigenvalue weighted by Gasteiger charge is 2.23. The molecular formula is C17H21Cl2N3O2S. The van der Waals surface area contributed by atoms with Gasteiger partial charge in [0.25, 0.3) is 0 Å². The first-order valence-corrected chi connectivity index (χ1v) is 9.61. The number of hydrogen-bond acceptors (Lipinski definition) is 5.